The summed E-state index contributed by atoms with van der Waals surface area (Å²) in [5, 5.41) is 23.0. The zero-order chi connectivity index (χ0) is 52.9. The maximum atomic E-state index is 12.4. The van der Waals surface area contributed by atoms with E-state index in [0.717, 1.165) is 38.5 Å². The number of esters is 1. The third-order valence-corrected chi connectivity index (χ3v) is 15.5. The third-order valence-electron chi connectivity index (χ3n) is 15.5. The standard InChI is InChI=1S/C67H129NO5/c1-3-5-7-9-11-13-14-15-16-17-28-32-35-38-41-45-49-53-57-61-67(72)73-62-58-54-50-46-42-39-36-33-30-27-25-23-21-19-18-20-22-24-26-29-31-34-37-40-44-48-52-56-60-66(71)68-64(63-69)65(70)59-55-51-47-43-12-10-8-6-4-2/h15-16,55,59,64-65,69-70H,3-14,17-54,56-58,60-63H2,1-2H3,(H,68,71)/b16-15-,59-55+. The summed E-state index contributed by atoms with van der Waals surface area (Å²) in [6.45, 7) is 4.90. The van der Waals surface area contributed by atoms with Crippen molar-refractivity contribution in [1.82, 2.24) is 5.32 Å². The number of unbranched alkanes of at least 4 members (excludes halogenated alkanes) is 49. The molecule has 0 bridgehead atoms. The molecule has 2 unspecified atom stereocenters. The topological polar surface area (TPSA) is 95.9 Å². The number of hydrogen-bond acceptors (Lipinski definition) is 5. The number of allylic oxidation sites excluding steroid dienone is 3. The minimum Gasteiger partial charge on any atom is -0.466 e. The maximum Gasteiger partial charge on any atom is 0.305 e. The van der Waals surface area contributed by atoms with Crippen molar-refractivity contribution in [2.75, 3.05) is 13.2 Å². The lowest BCUT2D eigenvalue weighted by atomic mass is 10.0. The van der Waals surface area contributed by atoms with Gasteiger partial charge in [0.05, 0.1) is 25.4 Å². The Hall–Kier alpha value is -1.66. The fourth-order valence-corrected chi connectivity index (χ4v) is 10.4. The van der Waals surface area contributed by atoms with Crippen LogP contribution in [0.5, 0.6) is 0 Å². The second-order valence-corrected chi connectivity index (χ2v) is 22.8. The molecular formula is C67H129NO5. The molecule has 3 N–H and O–H groups in total. The van der Waals surface area contributed by atoms with Crippen LogP contribution in [-0.2, 0) is 14.3 Å². The highest BCUT2D eigenvalue weighted by Crippen LogP contribution is 2.18. The van der Waals surface area contributed by atoms with Crippen LogP contribution in [0, 0.1) is 0 Å². The van der Waals surface area contributed by atoms with Crippen molar-refractivity contribution in [3.8, 4) is 0 Å². The van der Waals surface area contributed by atoms with Gasteiger partial charge in [0.15, 0.2) is 0 Å². The molecule has 0 rings (SSSR count). The summed E-state index contributed by atoms with van der Waals surface area (Å²) in [5.41, 5.74) is 0. The fraction of sp³-hybridized carbons (Fsp3) is 0.910. The predicted molar refractivity (Wildman–Crippen MR) is 320 cm³/mol. The second kappa shape index (κ2) is 62.9. The molecule has 0 aliphatic rings. The van der Waals surface area contributed by atoms with Crippen LogP contribution in [0.2, 0.25) is 0 Å². The molecule has 0 aromatic rings. The van der Waals surface area contributed by atoms with Crippen molar-refractivity contribution in [2.45, 2.75) is 379 Å². The first-order valence-corrected chi connectivity index (χ1v) is 33.1. The maximum absolute atomic E-state index is 12.4. The molecule has 1 amide bonds. The van der Waals surface area contributed by atoms with E-state index in [0.29, 0.717) is 19.4 Å². The van der Waals surface area contributed by atoms with Crippen molar-refractivity contribution in [2.24, 2.45) is 0 Å². The van der Waals surface area contributed by atoms with Crippen molar-refractivity contribution >= 4 is 11.9 Å². The molecule has 0 aliphatic carbocycles. The smallest absolute Gasteiger partial charge is 0.305 e. The highest BCUT2D eigenvalue weighted by molar-refractivity contribution is 5.76. The Bertz CT molecular complexity index is 1140. The molecule has 0 aliphatic heterocycles. The van der Waals surface area contributed by atoms with Gasteiger partial charge in [-0.3, -0.25) is 9.59 Å². The highest BCUT2D eigenvalue weighted by atomic mass is 16.5. The van der Waals surface area contributed by atoms with Crippen LogP contribution < -0.4 is 5.32 Å². The molecule has 0 aromatic heterocycles. The molecule has 0 saturated heterocycles. The van der Waals surface area contributed by atoms with E-state index in [2.05, 4.69) is 31.3 Å². The number of hydrogen-bond donors (Lipinski definition) is 3. The Balaban J connectivity index is 3.30. The minimum atomic E-state index is -0.839. The van der Waals surface area contributed by atoms with Gasteiger partial charge in [-0.15, -0.1) is 0 Å². The monoisotopic (exact) mass is 1030 g/mol. The predicted octanol–water partition coefficient (Wildman–Crippen LogP) is 21.0. The molecule has 0 aromatic carbocycles. The lowest BCUT2D eigenvalue weighted by Crippen LogP contribution is -2.45. The van der Waals surface area contributed by atoms with E-state index < -0.39 is 12.1 Å². The van der Waals surface area contributed by atoms with Crippen molar-refractivity contribution in [3.05, 3.63) is 24.3 Å². The van der Waals surface area contributed by atoms with Crippen molar-refractivity contribution in [1.29, 1.82) is 0 Å². The molecular weight excluding hydrogens is 899 g/mol. The Morgan fingerprint density at radius 2 is 0.644 bits per heavy atom. The Labute approximate surface area is 456 Å². The lowest BCUT2D eigenvalue weighted by molar-refractivity contribution is -0.143. The number of rotatable bonds is 62. The average molecular weight is 1030 g/mol. The van der Waals surface area contributed by atoms with Gasteiger partial charge in [-0.2, -0.15) is 0 Å². The average Bonchev–Trinajstić information content (AvgIpc) is 3.39. The third kappa shape index (κ3) is 59.4. The van der Waals surface area contributed by atoms with Gasteiger partial charge < -0.3 is 20.3 Å². The Morgan fingerprint density at radius 3 is 0.973 bits per heavy atom. The molecule has 0 fully saturated rings. The molecule has 0 heterocycles. The van der Waals surface area contributed by atoms with Crippen LogP contribution in [0.1, 0.15) is 367 Å². The molecule has 0 spiro atoms. The van der Waals surface area contributed by atoms with Gasteiger partial charge in [0, 0.05) is 12.8 Å². The quantitative estimate of drug-likeness (QED) is 0.0320. The lowest BCUT2D eigenvalue weighted by Gasteiger charge is -2.20. The van der Waals surface area contributed by atoms with E-state index in [-0.39, 0.29) is 18.5 Å². The zero-order valence-corrected chi connectivity index (χ0v) is 49.4. The van der Waals surface area contributed by atoms with E-state index in [1.807, 2.05) is 6.08 Å². The van der Waals surface area contributed by atoms with Gasteiger partial charge in [-0.25, -0.2) is 0 Å². The van der Waals surface area contributed by atoms with Crippen LogP contribution in [0.15, 0.2) is 24.3 Å². The first-order valence-electron chi connectivity index (χ1n) is 33.1. The first-order chi connectivity index (χ1) is 36.0. The number of amides is 1. The number of carbonyl (C=O) groups is 2. The van der Waals surface area contributed by atoms with E-state index >= 15 is 0 Å². The Morgan fingerprint density at radius 1 is 0.370 bits per heavy atom. The molecule has 6 heteroatoms. The first kappa shape index (κ1) is 71.3. The molecule has 6 nitrogen and oxygen atoms in total. The van der Waals surface area contributed by atoms with Crippen LogP contribution in [0.25, 0.3) is 0 Å². The summed E-state index contributed by atoms with van der Waals surface area (Å²) < 4.78 is 5.51. The van der Waals surface area contributed by atoms with Crippen LogP contribution in [-0.4, -0.2) is 47.4 Å². The summed E-state index contributed by atoms with van der Waals surface area (Å²) in [6.07, 6.45) is 78.3. The number of carbonyl (C=O) groups excluding carboxylic acids is 2. The fourth-order valence-electron chi connectivity index (χ4n) is 10.4. The summed E-state index contributed by atoms with van der Waals surface area (Å²) in [4.78, 5) is 24.5. The Kier molecular flexibility index (Phi) is 61.4. The normalized spacial score (nSPS) is 12.7. The van der Waals surface area contributed by atoms with Gasteiger partial charge in [0.1, 0.15) is 0 Å². The van der Waals surface area contributed by atoms with E-state index in [1.165, 1.54) is 302 Å². The SMILES string of the molecule is CCCCCCCC/C=C\CCCCCCCCCCCC(=O)OCCCCCCCCCCCCCCCCCCCCCCCCCCCCCCC(=O)NC(CO)C(O)/C=C/CCCCCCCCC. The van der Waals surface area contributed by atoms with E-state index in [4.69, 9.17) is 4.74 Å². The molecule has 73 heavy (non-hydrogen) atoms. The summed E-state index contributed by atoms with van der Waals surface area (Å²) >= 11 is 0. The van der Waals surface area contributed by atoms with Gasteiger partial charge >= 0.3 is 5.97 Å². The molecule has 432 valence electrons. The largest absolute Gasteiger partial charge is 0.466 e. The van der Waals surface area contributed by atoms with Crippen LogP contribution >= 0.6 is 0 Å². The number of nitrogens with one attached hydrogen (secondary N) is 1. The van der Waals surface area contributed by atoms with Crippen LogP contribution in [0.3, 0.4) is 0 Å². The minimum absolute atomic E-state index is 0.0183. The summed E-state index contributed by atoms with van der Waals surface area (Å²) in [6, 6.07) is -0.623. The second-order valence-electron chi connectivity index (χ2n) is 22.8. The number of aliphatic hydroxyl groups excluding tert-OH is 2. The van der Waals surface area contributed by atoms with E-state index in [1.54, 1.807) is 6.08 Å². The van der Waals surface area contributed by atoms with Gasteiger partial charge in [-0.1, -0.05) is 321 Å². The van der Waals surface area contributed by atoms with Crippen LogP contribution in [0.4, 0.5) is 0 Å². The van der Waals surface area contributed by atoms with Gasteiger partial charge in [0.25, 0.3) is 0 Å². The summed E-state index contributed by atoms with van der Waals surface area (Å²) in [7, 11) is 0. The number of ether oxygens (including phenoxy) is 1. The van der Waals surface area contributed by atoms with Crippen molar-refractivity contribution in [3.63, 3.8) is 0 Å². The molecule has 0 saturated carbocycles. The summed E-state index contributed by atoms with van der Waals surface area (Å²) in [5.74, 6) is -0.0479. The molecule has 2 atom stereocenters. The number of aliphatic hydroxyl groups is 2. The van der Waals surface area contributed by atoms with Crippen molar-refractivity contribution < 1.29 is 24.5 Å². The van der Waals surface area contributed by atoms with Gasteiger partial charge in [-0.05, 0) is 57.8 Å². The van der Waals surface area contributed by atoms with Gasteiger partial charge in [0.2, 0.25) is 5.91 Å². The highest BCUT2D eigenvalue weighted by Gasteiger charge is 2.18. The van der Waals surface area contributed by atoms with E-state index in [9.17, 15) is 19.8 Å². The zero-order valence-electron chi connectivity index (χ0n) is 49.4. The molecule has 0 radical (unpaired) electrons.